The maximum Gasteiger partial charge on any atom is 0.436 e. The van der Waals surface area contributed by atoms with Gasteiger partial charge in [-0.1, -0.05) is 6.07 Å². The van der Waals surface area contributed by atoms with Gasteiger partial charge in [0, 0.05) is 18.1 Å². The molecule has 0 spiro atoms. The Morgan fingerprint density at radius 2 is 1.80 bits per heavy atom. The molecule has 1 fully saturated rings. The lowest BCUT2D eigenvalue weighted by atomic mass is 10.1. The Bertz CT molecular complexity index is 1300. The molecule has 184 valence electrons. The molecule has 12 heteroatoms. The van der Waals surface area contributed by atoms with Gasteiger partial charge in [0.1, 0.15) is 18.0 Å². The van der Waals surface area contributed by atoms with Crippen LogP contribution in [-0.4, -0.2) is 20.6 Å². The van der Waals surface area contributed by atoms with Crippen LogP contribution >= 0.6 is 15.9 Å². The van der Waals surface area contributed by atoms with Crippen LogP contribution in [0.4, 0.5) is 24.5 Å². The summed E-state index contributed by atoms with van der Waals surface area (Å²) in [6.07, 6.45) is -3.27. The van der Waals surface area contributed by atoms with Crippen molar-refractivity contribution in [2.24, 2.45) is 0 Å². The van der Waals surface area contributed by atoms with Crippen LogP contribution in [0.2, 0.25) is 0 Å². The quantitative estimate of drug-likeness (QED) is 0.266. The molecule has 35 heavy (non-hydrogen) atoms. The van der Waals surface area contributed by atoms with Crippen molar-refractivity contribution < 1.29 is 27.6 Å². The highest BCUT2D eigenvalue weighted by molar-refractivity contribution is 9.10. The average Bonchev–Trinajstić information content (AvgIpc) is 3.49. The zero-order valence-electron chi connectivity index (χ0n) is 18.6. The van der Waals surface area contributed by atoms with E-state index in [1.54, 1.807) is 12.1 Å². The summed E-state index contributed by atoms with van der Waals surface area (Å²) < 4.78 is 46.6. The van der Waals surface area contributed by atoms with Gasteiger partial charge in [0.15, 0.2) is 5.69 Å². The number of amides is 1. The van der Waals surface area contributed by atoms with E-state index >= 15 is 0 Å². The number of aromatic nitrogens is 2. The third kappa shape index (κ3) is 5.81. The first kappa shape index (κ1) is 24.7. The molecule has 0 bridgehead atoms. The average molecular weight is 553 g/mol. The van der Waals surface area contributed by atoms with Crippen LogP contribution in [0.1, 0.15) is 41.3 Å². The van der Waals surface area contributed by atoms with Crippen molar-refractivity contribution in [3.63, 3.8) is 0 Å². The number of nitro groups is 1. The zero-order valence-corrected chi connectivity index (χ0v) is 20.2. The molecule has 1 aromatic heterocycles. The van der Waals surface area contributed by atoms with E-state index in [1.807, 2.05) is 19.9 Å². The molecule has 4 rings (SSSR count). The molecule has 1 saturated carbocycles. The van der Waals surface area contributed by atoms with Crippen LogP contribution in [0.3, 0.4) is 0 Å². The third-order valence-electron chi connectivity index (χ3n) is 5.27. The summed E-state index contributed by atoms with van der Waals surface area (Å²) >= 11 is 2.99. The molecule has 2 aromatic carbocycles. The van der Waals surface area contributed by atoms with Crippen LogP contribution in [-0.2, 0) is 17.5 Å². The second-order valence-electron chi connectivity index (χ2n) is 8.42. The fourth-order valence-corrected chi connectivity index (χ4v) is 4.62. The maximum atomic E-state index is 13.3. The molecule has 0 atom stereocenters. The standard InChI is InChI=1S/C23H20BrF3N4O4/c1-12-5-13(2)7-17(6-12)35-18-9-15(8-16(10-18)31(33)34)28-19(32)11-30-21(14-3-4-14)20(24)22(29-30)23(25,26)27/h5-10,14H,3-4,11H2,1-2H3,(H,28,32). The largest absolute Gasteiger partial charge is 0.457 e. The second-order valence-corrected chi connectivity index (χ2v) is 9.22. The van der Waals surface area contributed by atoms with Gasteiger partial charge in [-0.3, -0.25) is 19.6 Å². The van der Waals surface area contributed by atoms with E-state index < -0.39 is 29.2 Å². The Morgan fingerprint density at radius 3 is 2.37 bits per heavy atom. The van der Waals surface area contributed by atoms with Crippen LogP contribution in [0, 0.1) is 24.0 Å². The number of anilines is 1. The van der Waals surface area contributed by atoms with Crippen LogP contribution < -0.4 is 10.1 Å². The van der Waals surface area contributed by atoms with Gasteiger partial charge in [0.05, 0.1) is 26.8 Å². The van der Waals surface area contributed by atoms with Crippen molar-refractivity contribution in [3.05, 3.63) is 73.5 Å². The fourth-order valence-electron chi connectivity index (χ4n) is 3.79. The van der Waals surface area contributed by atoms with Gasteiger partial charge in [-0.25, -0.2) is 0 Å². The normalized spacial score (nSPS) is 13.5. The molecule has 8 nitrogen and oxygen atoms in total. The van der Waals surface area contributed by atoms with Gasteiger partial charge in [0.2, 0.25) is 5.91 Å². The Morgan fingerprint density at radius 1 is 1.17 bits per heavy atom. The van der Waals surface area contributed by atoms with Crippen molar-refractivity contribution >= 4 is 33.2 Å². The van der Waals surface area contributed by atoms with E-state index in [1.165, 1.54) is 12.1 Å². The van der Waals surface area contributed by atoms with Gasteiger partial charge in [-0.2, -0.15) is 18.3 Å². The lowest BCUT2D eigenvalue weighted by Crippen LogP contribution is -2.21. The molecule has 1 amide bonds. The monoisotopic (exact) mass is 552 g/mol. The van der Waals surface area contributed by atoms with Gasteiger partial charge < -0.3 is 10.1 Å². The topological polar surface area (TPSA) is 99.3 Å². The fraction of sp³-hybridized carbons (Fsp3) is 0.304. The molecule has 0 aliphatic heterocycles. The number of non-ortho nitro benzene ring substituents is 1. The van der Waals surface area contributed by atoms with Gasteiger partial charge >= 0.3 is 6.18 Å². The molecule has 1 heterocycles. The summed E-state index contributed by atoms with van der Waals surface area (Å²) in [5, 5.41) is 17.5. The molecular weight excluding hydrogens is 533 g/mol. The molecule has 1 aliphatic carbocycles. The van der Waals surface area contributed by atoms with Gasteiger partial charge in [-0.05, 0) is 65.9 Å². The number of rotatable bonds is 7. The van der Waals surface area contributed by atoms with E-state index in [9.17, 15) is 28.1 Å². The van der Waals surface area contributed by atoms with E-state index in [0.29, 0.717) is 24.3 Å². The summed E-state index contributed by atoms with van der Waals surface area (Å²) in [5.41, 5.74) is 0.848. The summed E-state index contributed by atoms with van der Waals surface area (Å²) in [4.78, 5) is 23.5. The summed E-state index contributed by atoms with van der Waals surface area (Å²) in [7, 11) is 0. The van der Waals surface area contributed by atoms with Crippen molar-refractivity contribution in [2.45, 2.75) is 45.3 Å². The SMILES string of the molecule is Cc1cc(C)cc(Oc2cc(NC(=O)Cn3nc(C(F)(F)F)c(Br)c3C3CC3)cc([N+](=O)[O-])c2)c1. The Kier molecular flexibility index (Phi) is 6.58. The number of nitrogens with zero attached hydrogens (tertiary/aromatic N) is 3. The number of hydrogen-bond acceptors (Lipinski definition) is 5. The minimum Gasteiger partial charge on any atom is -0.457 e. The first-order valence-corrected chi connectivity index (χ1v) is 11.4. The zero-order chi connectivity index (χ0) is 25.5. The first-order valence-electron chi connectivity index (χ1n) is 10.6. The molecule has 0 radical (unpaired) electrons. The van der Waals surface area contributed by atoms with E-state index in [2.05, 4.69) is 26.3 Å². The molecule has 0 unspecified atom stereocenters. The maximum absolute atomic E-state index is 13.3. The van der Waals surface area contributed by atoms with Gasteiger partial charge in [-0.15, -0.1) is 0 Å². The Hall–Kier alpha value is -3.41. The summed E-state index contributed by atoms with van der Waals surface area (Å²) in [5.74, 6) is -0.209. The number of carbonyl (C=O) groups is 1. The second kappa shape index (κ2) is 9.33. The Balaban J connectivity index is 1.58. The number of nitrogens with one attached hydrogen (secondary N) is 1. The molecule has 3 aromatic rings. The highest BCUT2D eigenvalue weighted by Gasteiger charge is 2.42. The number of alkyl halides is 3. The molecule has 0 saturated heterocycles. The smallest absolute Gasteiger partial charge is 0.436 e. The van der Waals surface area contributed by atoms with Crippen LogP contribution in [0.15, 0.2) is 40.9 Å². The summed E-state index contributed by atoms with van der Waals surface area (Å²) in [6, 6.07) is 9.24. The van der Waals surface area contributed by atoms with Crippen molar-refractivity contribution in [2.75, 3.05) is 5.32 Å². The highest BCUT2D eigenvalue weighted by atomic mass is 79.9. The third-order valence-corrected chi connectivity index (χ3v) is 6.06. The molecular formula is C23H20BrF3N4O4. The predicted octanol–water partition coefficient (Wildman–Crippen LogP) is 6.50. The number of nitro benzene ring substituents is 1. The number of halogens is 4. The lowest BCUT2D eigenvalue weighted by Gasteiger charge is -2.11. The number of carbonyl (C=O) groups excluding carboxylic acids is 1. The van der Waals surface area contributed by atoms with Gasteiger partial charge in [0.25, 0.3) is 5.69 Å². The first-order chi connectivity index (χ1) is 16.4. The minimum absolute atomic E-state index is 0.0683. The number of benzene rings is 2. The number of hydrogen-bond donors (Lipinski definition) is 1. The van der Waals surface area contributed by atoms with Crippen LogP contribution in [0.5, 0.6) is 11.5 Å². The van der Waals surface area contributed by atoms with E-state index in [0.717, 1.165) is 21.9 Å². The minimum atomic E-state index is -4.68. The van der Waals surface area contributed by atoms with Crippen molar-refractivity contribution in [3.8, 4) is 11.5 Å². The Labute approximate surface area is 206 Å². The van der Waals surface area contributed by atoms with Crippen LogP contribution in [0.25, 0.3) is 0 Å². The number of aryl methyl sites for hydroxylation is 2. The predicted molar refractivity (Wildman–Crippen MR) is 125 cm³/mol. The molecule has 1 aliphatic rings. The summed E-state index contributed by atoms with van der Waals surface area (Å²) in [6.45, 7) is 3.27. The highest BCUT2D eigenvalue weighted by Crippen LogP contribution is 2.47. The van der Waals surface area contributed by atoms with Crippen molar-refractivity contribution in [1.29, 1.82) is 0 Å². The van der Waals surface area contributed by atoms with Crippen molar-refractivity contribution in [1.82, 2.24) is 9.78 Å². The molecule has 1 N–H and O–H groups in total. The van der Waals surface area contributed by atoms with E-state index in [-0.39, 0.29) is 27.5 Å². The van der Waals surface area contributed by atoms with E-state index in [4.69, 9.17) is 4.74 Å². The number of ether oxygens (including phenoxy) is 1. The lowest BCUT2D eigenvalue weighted by molar-refractivity contribution is -0.384.